The zero-order valence-corrected chi connectivity index (χ0v) is 17.0. The Morgan fingerprint density at radius 1 is 1.00 bits per heavy atom. The van der Waals surface area contributed by atoms with E-state index in [1.807, 2.05) is 53.4 Å². The summed E-state index contributed by atoms with van der Waals surface area (Å²) in [4.78, 5) is 27.0. The summed E-state index contributed by atoms with van der Waals surface area (Å²) in [6, 6.07) is 15.4. The van der Waals surface area contributed by atoms with E-state index in [-0.39, 0.29) is 23.8 Å². The number of hydrogen-bond donors (Lipinski definition) is 1. The number of benzene rings is 2. The van der Waals surface area contributed by atoms with Crippen LogP contribution in [0, 0.1) is 5.92 Å². The lowest BCUT2D eigenvalue weighted by Crippen LogP contribution is -2.45. The van der Waals surface area contributed by atoms with Gasteiger partial charge in [-0.25, -0.2) is 0 Å². The van der Waals surface area contributed by atoms with Crippen molar-refractivity contribution in [1.29, 1.82) is 0 Å². The van der Waals surface area contributed by atoms with Crippen LogP contribution in [-0.4, -0.2) is 42.5 Å². The van der Waals surface area contributed by atoms with E-state index >= 15 is 0 Å². The fourth-order valence-corrected chi connectivity index (χ4v) is 4.22. The number of nitrogens with one attached hydrogen (secondary N) is 1. The quantitative estimate of drug-likeness (QED) is 0.811. The highest BCUT2D eigenvalue weighted by atomic mass is 35.5. The third kappa shape index (κ3) is 4.80. The second-order valence-electron chi connectivity index (χ2n) is 7.68. The van der Waals surface area contributed by atoms with E-state index in [0.29, 0.717) is 37.6 Å². The molecule has 1 N–H and O–H groups in total. The average Bonchev–Trinajstić information content (AvgIpc) is 3.28. The predicted molar refractivity (Wildman–Crippen MR) is 114 cm³/mol. The van der Waals surface area contributed by atoms with Gasteiger partial charge in [-0.1, -0.05) is 35.9 Å². The number of amides is 2. The summed E-state index contributed by atoms with van der Waals surface area (Å²) < 4.78 is 5.50. The minimum atomic E-state index is -0.283. The van der Waals surface area contributed by atoms with Crippen LogP contribution in [0.25, 0.3) is 11.1 Å². The third-order valence-electron chi connectivity index (χ3n) is 5.67. The molecule has 2 aromatic carbocycles. The van der Waals surface area contributed by atoms with Crippen molar-refractivity contribution in [2.45, 2.75) is 31.8 Å². The monoisotopic (exact) mass is 412 g/mol. The number of anilines is 1. The number of ether oxygens (including phenoxy) is 1. The molecular weight excluding hydrogens is 388 g/mol. The van der Waals surface area contributed by atoms with Gasteiger partial charge in [0.2, 0.25) is 5.91 Å². The van der Waals surface area contributed by atoms with E-state index in [1.165, 1.54) is 0 Å². The van der Waals surface area contributed by atoms with Gasteiger partial charge in [-0.2, -0.15) is 0 Å². The van der Waals surface area contributed by atoms with Crippen LogP contribution in [0.4, 0.5) is 5.69 Å². The normalized spacial score (nSPS) is 19.9. The van der Waals surface area contributed by atoms with E-state index in [4.69, 9.17) is 16.3 Å². The number of carbonyl (C=O) groups is 2. The fourth-order valence-electron chi connectivity index (χ4n) is 4.03. The molecule has 4 rings (SSSR count). The van der Waals surface area contributed by atoms with Crippen molar-refractivity contribution in [2.24, 2.45) is 5.92 Å². The lowest BCUT2D eigenvalue weighted by molar-refractivity contribution is -0.143. The first-order valence-corrected chi connectivity index (χ1v) is 10.6. The maximum absolute atomic E-state index is 12.7. The van der Waals surface area contributed by atoms with Crippen molar-refractivity contribution in [3.63, 3.8) is 0 Å². The van der Waals surface area contributed by atoms with Crippen LogP contribution >= 0.6 is 11.6 Å². The molecule has 1 unspecified atom stereocenters. The molecule has 6 heteroatoms. The SMILES string of the molecule is O=C(Nc1cccc(-c2cccc(Cl)c2)c1)C1CCN(C(=O)C2CCCO2)CC1. The molecule has 0 aliphatic carbocycles. The maximum atomic E-state index is 12.7. The first kappa shape index (κ1) is 19.9. The van der Waals surface area contributed by atoms with Crippen molar-refractivity contribution >= 4 is 29.1 Å². The number of piperidine rings is 1. The summed E-state index contributed by atoms with van der Waals surface area (Å²) in [5.41, 5.74) is 2.78. The summed E-state index contributed by atoms with van der Waals surface area (Å²) >= 11 is 6.09. The van der Waals surface area contributed by atoms with E-state index in [2.05, 4.69) is 5.32 Å². The molecule has 152 valence electrons. The van der Waals surface area contributed by atoms with Crippen molar-refractivity contribution in [3.05, 3.63) is 53.6 Å². The van der Waals surface area contributed by atoms with E-state index in [9.17, 15) is 9.59 Å². The van der Waals surface area contributed by atoms with E-state index < -0.39 is 0 Å². The topological polar surface area (TPSA) is 58.6 Å². The Balaban J connectivity index is 1.34. The minimum absolute atomic E-state index is 0.0115. The first-order valence-electron chi connectivity index (χ1n) is 10.2. The smallest absolute Gasteiger partial charge is 0.251 e. The number of halogens is 1. The standard InChI is InChI=1S/C23H25ClN2O3/c24-19-6-1-4-17(14-19)18-5-2-7-20(15-18)25-22(27)16-9-11-26(12-10-16)23(28)21-8-3-13-29-21/h1-2,4-7,14-16,21H,3,8-13H2,(H,25,27). The molecular formula is C23H25ClN2O3. The number of hydrogen-bond acceptors (Lipinski definition) is 3. The zero-order chi connectivity index (χ0) is 20.2. The Morgan fingerprint density at radius 3 is 2.41 bits per heavy atom. The van der Waals surface area contributed by atoms with E-state index in [1.54, 1.807) is 0 Å². The van der Waals surface area contributed by atoms with Crippen LogP contribution in [0.5, 0.6) is 0 Å². The fraction of sp³-hybridized carbons (Fsp3) is 0.391. The Hall–Kier alpha value is -2.37. The molecule has 0 bridgehead atoms. The highest BCUT2D eigenvalue weighted by Crippen LogP contribution is 2.27. The number of nitrogens with zero attached hydrogens (tertiary/aromatic N) is 1. The molecule has 0 saturated carbocycles. The zero-order valence-electron chi connectivity index (χ0n) is 16.3. The molecule has 2 aliphatic rings. The van der Waals surface area contributed by atoms with Gasteiger partial charge in [0.05, 0.1) is 0 Å². The van der Waals surface area contributed by atoms with Gasteiger partial charge in [0, 0.05) is 36.3 Å². The van der Waals surface area contributed by atoms with Crippen molar-refractivity contribution in [3.8, 4) is 11.1 Å². The highest BCUT2D eigenvalue weighted by Gasteiger charge is 2.32. The summed E-state index contributed by atoms with van der Waals surface area (Å²) in [6.45, 7) is 1.89. The number of rotatable bonds is 4. The predicted octanol–water partition coefficient (Wildman–Crippen LogP) is 4.36. The van der Waals surface area contributed by atoms with Crippen LogP contribution in [0.15, 0.2) is 48.5 Å². The Labute approximate surface area is 176 Å². The lowest BCUT2D eigenvalue weighted by atomic mass is 9.95. The molecule has 0 spiro atoms. The Kier molecular flexibility index (Phi) is 6.16. The summed E-state index contributed by atoms with van der Waals surface area (Å²) in [7, 11) is 0. The number of likely N-dealkylation sites (tertiary alicyclic amines) is 1. The Morgan fingerprint density at radius 2 is 1.72 bits per heavy atom. The van der Waals surface area contributed by atoms with Gasteiger partial charge in [-0.3, -0.25) is 9.59 Å². The van der Waals surface area contributed by atoms with Crippen LogP contribution in [0.3, 0.4) is 0 Å². The average molecular weight is 413 g/mol. The molecule has 29 heavy (non-hydrogen) atoms. The molecule has 2 saturated heterocycles. The summed E-state index contributed by atoms with van der Waals surface area (Å²) in [6.07, 6.45) is 2.83. The van der Waals surface area contributed by atoms with Gasteiger partial charge in [0.1, 0.15) is 6.10 Å². The lowest BCUT2D eigenvalue weighted by Gasteiger charge is -2.32. The first-order chi connectivity index (χ1) is 14.1. The van der Waals surface area contributed by atoms with Crippen molar-refractivity contribution in [2.75, 3.05) is 25.0 Å². The largest absolute Gasteiger partial charge is 0.368 e. The van der Waals surface area contributed by atoms with Crippen LogP contribution in [-0.2, 0) is 14.3 Å². The summed E-state index contributed by atoms with van der Waals surface area (Å²) in [5.74, 6) is 0.00594. The molecule has 2 fully saturated rings. The number of carbonyl (C=O) groups excluding carboxylic acids is 2. The van der Waals surface area contributed by atoms with Gasteiger partial charge < -0.3 is 15.0 Å². The van der Waals surface area contributed by atoms with E-state index in [0.717, 1.165) is 29.7 Å². The summed E-state index contributed by atoms with van der Waals surface area (Å²) in [5, 5.41) is 3.72. The van der Waals surface area contributed by atoms with Crippen LogP contribution < -0.4 is 5.32 Å². The Bertz CT molecular complexity index is 887. The van der Waals surface area contributed by atoms with Crippen molar-refractivity contribution in [1.82, 2.24) is 4.90 Å². The second-order valence-corrected chi connectivity index (χ2v) is 8.12. The maximum Gasteiger partial charge on any atom is 0.251 e. The molecule has 1 atom stereocenters. The molecule has 2 aromatic rings. The molecule has 2 aliphatic heterocycles. The van der Waals surface area contributed by atoms with Crippen molar-refractivity contribution < 1.29 is 14.3 Å². The third-order valence-corrected chi connectivity index (χ3v) is 5.91. The highest BCUT2D eigenvalue weighted by molar-refractivity contribution is 6.30. The molecule has 5 nitrogen and oxygen atoms in total. The van der Waals surface area contributed by atoms with Crippen LogP contribution in [0.1, 0.15) is 25.7 Å². The minimum Gasteiger partial charge on any atom is -0.368 e. The molecule has 0 radical (unpaired) electrons. The van der Waals surface area contributed by atoms with Gasteiger partial charge in [-0.05, 0) is 61.1 Å². The van der Waals surface area contributed by atoms with Gasteiger partial charge in [-0.15, -0.1) is 0 Å². The molecule has 2 heterocycles. The van der Waals surface area contributed by atoms with Gasteiger partial charge >= 0.3 is 0 Å². The molecule has 2 amide bonds. The van der Waals surface area contributed by atoms with Gasteiger partial charge in [0.15, 0.2) is 0 Å². The molecule has 0 aromatic heterocycles. The van der Waals surface area contributed by atoms with Crippen LogP contribution in [0.2, 0.25) is 5.02 Å². The van der Waals surface area contributed by atoms with Gasteiger partial charge in [0.25, 0.3) is 5.91 Å². The second kappa shape index (κ2) is 8.97.